The standard InChI is InChI=1S/C15H14O10S2/c1-24-14-9(26(19)20)5-3-7(12(14)17)11(16)8-4-6-10(27(21,22)23)15(25-2)13(8)18/h3-6,17-18H,1-2H3,(H,19,20)(H,21,22,23). The number of ketones is 1. The van der Waals surface area contributed by atoms with Crippen LogP contribution < -0.4 is 9.47 Å². The highest BCUT2D eigenvalue weighted by molar-refractivity contribution is 7.86. The van der Waals surface area contributed by atoms with E-state index in [0.717, 1.165) is 38.5 Å². The summed E-state index contributed by atoms with van der Waals surface area (Å²) in [5.74, 6) is -3.67. The normalized spacial score (nSPS) is 12.4. The minimum Gasteiger partial charge on any atom is -0.504 e. The third kappa shape index (κ3) is 3.73. The molecule has 0 amide bonds. The van der Waals surface area contributed by atoms with Gasteiger partial charge in [-0.3, -0.25) is 9.35 Å². The van der Waals surface area contributed by atoms with E-state index >= 15 is 0 Å². The molecule has 0 saturated heterocycles. The summed E-state index contributed by atoms with van der Waals surface area (Å²) >= 11 is -2.50. The van der Waals surface area contributed by atoms with Crippen LogP contribution in [0.1, 0.15) is 15.9 Å². The average Bonchev–Trinajstić information content (AvgIpc) is 2.59. The summed E-state index contributed by atoms with van der Waals surface area (Å²) in [7, 11) is -2.61. The van der Waals surface area contributed by atoms with Crippen LogP contribution in [0.2, 0.25) is 0 Å². The number of carbonyl (C=O) groups excluding carboxylic acids is 1. The molecule has 2 aromatic rings. The molecule has 0 radical (unpaired) electrons. The van der Waals surface area contributed by atoms with Crippen molar-refractivity contribution in [2.45, 2.75) is 9.79 Å². The number of methoxy groups -OCH3 is 2. The lowest BCUT2D eigenvalue weighted by Crippen LogP contribution is -2.08. The summed E-state index contributed by atoms with van der Waals surface area (Å²) < 4.78 is 61.8. The first-order valence-electron chi connectivity index (χ1n) is 6.97. The molecule has 12 heteroatoms. The number of rotatable bonds is 6. The highest BCUT2D eigenvalue weighted by Gasteiger charge is 2.28. The predicted molar refractivity (Wildman–Crippen MR) is 91.6 cm³/mol. The zero-order valence-corrected chi connectivity index (χ0v) is 15.5. The van der Waals surface area contributed by atoms with Gasteiger partial charge in [-0.1, -0.05) is 0 Å². The molecule has 1 atom stereocenters. The Hall–Kier alpha value is -2.67. The number of phenols is 2. The molecule has 0 aromatic heterocycles. The largest absolute Gasteiger partial charge is 0.504 e. The maximum atomic E-state index is 12.7. The second-order valence-corrected chi connectivity index (χ2v) is 7.37. The van der Waals surface area contributed by atoms with E-state index in [1.54, 1.807) is 0 Å². The molecule has 4 N–H and O–H groups in total. The molecule has 0 aliphatic rings. The lowest BCUT2D eigenvalue weighted by atomic mass is 10.0. The lowest BCUT2D eigenvalue weighted by Gasteiger charge is -2.14. The minimum atomic E-state index is -4.74. The van der Waals surface area contributed by atoms with Crippen molar-refractivity contribution in [2.24, 2.45) is 0 Å². The number of aromatic hydroxyl groups is 2. The minimum absolute atomic E-state index is 0.282. The Bertz CT molecular complexity index is 1040. The highest BCUT2D eigenvalue weighted by atomic mass is 32.2. The molecule has 1 unspecified atom stereocenters. The molecule has 0 aliphatic carbocycles. The Balaban J connectivity index is 2.68. The Morgan fingerprint density at radius 1 is 0.963 bits per heavy atom. The smallest absolute Gasteiger partial charge is 0.298 e. The maximum Gasteiger partial charge on any atom is 0.298 e. The first-order valence-corrected chi connectivity index (χ1v) is 9.52. The molecule has 0 fully saturated rings. The fraction of sp³-hybridized carbons (Fsp3) is 0.133. The number of hydrogen-bond donors (Lipinski definition) is 4. The summed E-state index contributed by atoms with van der Waals surface area (Å²) in [6, 6.07) is 3.86. The van der Waals surface area contributed by atoms with Gasteiger partial charge in [0.2, 0.25) is 5.78 Å². The van der Waals surface area contributed by atoms with Gasteiger partial charge in [0.15, 0.2) is 34.1 Å². The summed E-state index contributed by atoms with van der Waals surface area (Å²) in [6.07, 6.45) is 0. The van der Waals surface area contributed by atoms with E-state index in [4.69, 9.17) is 14.0 Å². The van der Waals surface area contributed by atoms with E-state index in [9.17, 15) is 32.2 Å². The van der Waals surface area contributed by atoms with Gasteiger partial charge in [0.25, 0.3) is 10.1 Å². The fourth-order valence-electron chi connectivity index (χ4n) is 2.35. The fourth-order valence-corrected chi connectivity index (χ4v) is 3.53. The van der Waals surface area contributed by atoms with Crippen LogP contribution in [0.25, 0.3) is 0 Å². The van der Waals surface area contributed by atoms with Gasteiger partial charge in [0.05, 0.1) is 25.3 Å². The zero-order chi connectivity index (χ0) is 20.5. The monoisotopic (exact) mass is 418 g/mol. The summed E-state index contributed by atoms with van der Waals surface area (Å²) in [6.45, 7) is 0. The Morgan fingerprint density at radius 2 is 1.44 bits per heavy atom. The van der Waals surface area contributed by atoms with Crippen molar-refractivity contribution in [1.82, 2.24) is 0 Å². The van der Waals surface area contributed by atoms with Gasteiger partial charge in [0, 0.05) is 0 Å². The molecule has 146 valence electrons. The van der Waals surface area contributed by atoms with E-state index in [0.29, 0.717) is 0 Å². The van der Waals surface area contributed by atoms with Crippen molar-refractivity contribution in [1.29, 1.82) is 0 Å². The SMILES string of the molecule is COc1c(S(=O)O)ccc(C(=O)c2ccc(S(=O)(=O)O)c(OC)c2O)c1O. The Morgan fingerprint density at radius 3 is 1.89 bits per heavy atom. The summed E-state index contributed by atoms with van der Waals surface area (Å²) in [4.78, 5) is 11.6. The van der Waals surface area contributed by atoms with Crippen molar-refractivity contribution < 1.29 is 46.2 Å². The molecule has 0 heterocycles. The molecule has 2 aromatic carbocycles. The van der Waals surface area contributed by atoms with Gasteiger partial charge in [-0.2, -0.15) is 8.42 Å². The van der Waals surface area contributed by atoms with E-state index in [1.165, 1.54) is 0 Å². The molecule has 10 nitrogen and oxygen atoms in total. The number of benzene rings is 2. The van der Waals surface area contributed by atoms with Crippen LogP contribution in [0.4, 0.5) is 0 Å². The Labute approximate surface area is 156 Å². The van der Waals surface area contributed by atoms with Crippen molar-refractivity contribution in [3.05, 3.63) is 35.4 Å². The van der Waals surface area contributed by atoms with Crippen molar-refractivity contribution in [2.75, 3.05) is 14.2 Å². The zero-order valence-electron chi connectivity index (χ0n) is 13.9. The van der Waals surface area contributed by atoms with Crippen LogP contribution in [-0.2, 0) is 21.2 Å². The number of carbonyl (C=O) groups is 1. The highest BCUT2D eigenvalue weighted by Crippen LogP contribution is 2.40. The van der Waals surface area contributed by atoms with Crippen molar-refractivity contribution in [3.8, 4) is 23.0 Å². The summed E-state index contributed by atoms with van der Waals surface area (Å²) in [5, 5.41) is 20.4. The van der Waals surface area contributed by atoms with E-state index in [2.05, 4.69) is 0 Å². The summed E-state index contributed by atoms with van der Waals surface area (Å²) in [5.41, 5.74) is -0.840. The first-order chi connectivity index (χ1) is 12.5. The Kier molecular flexibility index (Phi) is 5.75. The molecule has 0 saturated carbocycles. The molecule has 2 rings (SSSR count). The molecular formula is C15H14O10S2. The van der Waals surface area contributed by atoms with Gasteiger partial charge in [-0.15, -0.1) is 0 Å². The predicted octanol–water partition coefficient (Wildman–Crippen LogP) is 1.17. The van der Waals surface area contributed by atoms with Crippen LogP contribution in [0.3, 0.4) is 0 Å². The van der Waals surface area contributed by atoms with E-state index < -0.39 is 66.0 Å². The number of hydrogen-bond acceptors (Lipinski definition) is 8. The topological polar surface area (TPSA) is 168 Å². The van der Waals surface area contributed by atoms with Crippen LogP contribution >= 0.6 is 0 Å². The lowest BCUT2D eigenvalue weighted by molar-refractivity contribution is 0.103. The number of phenolic OH excluding ortho intramolecular Hbond substituents is 2. The van der Waals surface area contributed by atoms with Crippen LogP contribution in [-0.4, -0.2) is 51.9 Å². The van der Waals surface area contributed by atoms with Crippen molar-refractivity contribution >= 4 is 27.0 Å². The molecule has 0 aliphatic heterocycles. The average molecular weight is 418 g/mol. The second kappa shape index (κ2) is 7.52. The molecule has 27 heavy (non-hydrogen) atoms. The van der Waals surface area contributed by atoms with Crippen LogP contribution in [0.5, 0.6) is 23.0 Å². The third-order valence-electron chi connectivity index (χ3n) is 3.55. The van der Waals surface area contributed by atoms with Crippen molar-refractivity contribution in [3.63, 3.8) is 0 Å². The first kappa shape index (κ1) is 20.6. The van der Waals surface area contributed by atoms with E-state index in [-0.39, 0.29) is 4.90 Å². The molecule has 0 spiro atoms. The quantitative estimate of drug-likeness (QED) is 0.304. The van der Waals surface area contributed by atoms with Gasteiger partial charge in [0.1, 0.15) is 9.79 Å². The van der Waals surface area contributed by atoms with Crippen LogP contribution in [0.15, 0.2) is 34.1 Å². The number of ether oxygens (including phenoxy) is 2. The van der Waals surface area contributed by atoms with Gasteiger partial charge in [-0.05, 0) is 24.3 Å². The maximum absolute atomic E-state index is 12.7. The second-order valence-electron chi connectivity index (χ2n) is 5.04. The van der Waals surface area contributed by atoms with Gasteiger partial charge < -0.3 is 24.2 Å². The molecular weight excluding hydrogens is 404 g/mol. The molecule has 0 bridgehead atoms. The van der Waals surface area contributed by atoms with Gasteiger partial charge >= 0.3 is 0 Å². The van der Waals surface area contributed by atoms with Crippen LogP contribution in [0, 0.1) is 0 Å². The third-order valence-corrected chi connectivity index (χ3v) is 5.13. The van der Waals surface area contributed by atoms with E-state index in [1.807, 2.05) is 0 Å². The van der Waals surface area contributed by atoms with Gasteiger partial charge in [-0.25, -0.2) is 4.21 Å².